The number of hydrogen-bond donors (Lipinski definition) is 0. The Morgan fingerprint density at radius 3 is 1.64 bits per heavy atom. The lowest BCUT2D eigenvalue weighted by Crippen LogP contribution is -2.33. The number of hydrogen-bond acceptors (Lipinski definition) is 1. The maximum Gasteiger partial charge on any atom is 0.0755 e. The van der Waals surface area contributed by atoms with Crippen LogP contribution in [0.4, 0.5) is 17.1 Å². The van der Waals surface area contributed by atoms with Gasteiger partial charge in [-0.3, -0.25) is 0 Å². The van der Waals surface area contributed by atoms with E-state index in [4.69, 9.17) is 0 Å². The molecule has 0 saturated carbocycles. The second-order valence-corrected chi connectivity index (χ2v) is 19.3. The molecule has 10 aromatic rings. The molecule has 1 unspecified atom stereocenters. The maximum atomic E-state index is 2.58. The number of nitrogens with zero attached hydrogens (tertiary/aromatic N) is 2. The van der Waals surface area contributed by atoms with Gasteiger partial charge < -0.3 is 9.47 Å². The molecule has 2 nitrogen and oxygen atoms in total. The van der Waals surface area contributed by atoms with Crippen LogP contribution in [-0.2, 0) is 16.2 Å². The van der Waals surface area contributed by atoms with Crippen LogP contribution in [0.25, 0.3) is 60.2 Å². The monoisotopic (exact) mass is 784 g/mol. The van der Waals surface area contributed by atoms with Crippen molar-refractivity contribution < 1.29 is 0 Å². The fourth-order valence-electron chi connectivity index (χ4n) is 11.0. The summed E-state index contributed by atoms with van der Waals surface area (Å²) in [6, 6.07) is 69.3. The van der Waals surface area contributed by atoms with Gasteiger partial charge in [-0.1, -0.05) is 181 Å². The number of benzene rings is 9. The minimum atomic E-state index is -0.605. The van der Waals surface area contributed by atoms with Crippen molar-refractivity contribution >= 4 is 60.4 Å². The Balaban J connectivity index is 1.26. The molecule has 0 fully saturated rings. The van der Waals surface area contributed by atoms with Crippen LogP contribution in [0.1, 0.15) is 74.9 Å². The molecule has 1 atom stereocenters. The lowest BCUT2D eigenvalue weighted by atomic mass is 9.65. The first-order valence-corrected chi connectivity index (χ1v) is 21.8. The molecular weight excluding hydrogens is 737 g/mol. The predicted molar refractivity (Wildman–Crippen MR) is 259 cm³/mol. The molecule has 0 radical (unpaired) electrons. The van der Waals surface area contributed by atoms with Gasteiger partial charge in [-0.2, -0.15) is 0 Å². The van der Waals surface area contributed by atoms with Crippen molar-refractivity contribution in [3.05, 3.63) is 215 Å². The minimum Gasteiger partial charge on any atom is -0.310 e. The predicted octanol–water partition coefficient (Wildman–Crippen LogP) is 15.8. The standard InChI is InChI=1S/C59H48N2/c1-57(2,3)38-27-31-40(32-28-38)60(41-33-29-39(30-34-41)58(4,5)6)53-36-50-55(45-20-10-9-18-43(45)53)54-42-17-8-7-16-37(42)26-35-48(54)59(50)47-22-12-14-25-52(47)61-51-24-13-11-19-44(51)46-21-15-23-49(59)56(46)61/h7-36H,1-6H3. The van der Waals surface area contributed by atoms with Gasteiger partial charge in [0, 0.05) is 27.5 Å². The zero-order chi connectivity index (χ0) is 41.4. The summed E-state index contributed by atoms with van der Waals surface area (Å²) in [4.78, 5) is 2.52. The lowest BCUT2D eigenvalue weighted by molar-refractivity contribution is 0.590. The van der Waals surface area contributed by atoms with Crippen molar-refractivity contribution in [3.8, 4) is 16.8 Å². The molecule has 294 valence electrons. The van der Waals surface area contributed by atoms with E-state index in [-0.39, 0.29) is 10.8 Å². The van der Waals surface area contributed by atoms with Crippen molar-refractivity contribution in [3.63, 3.8) is 0 Å². The molecule has 0 N–H and O–H groups in total. The topological polar surface area (TPSA) is 8.17 Å². The third-order valence-electron chi connectivity index (χ3n) is 13.9. The van der Waals surface area contributed by atoms with Crippen molar-refractivity contribution in [1.29, 1.82) is 0 Å². The molecule has 2 heterocycles. The van der Waals surface area contributed by atoms with Gasteiger partial charge in [0.1, 0.15) is 0 Å². The van der Waals surface area contributed by atoms with E-state index in [1.807, 2.05) is 0 Å². The van der Waals surface area contributed by atoms with Gasteiger partial charge in [-0.25, -0.2) is 0 Å². The summed E-state index contributed by atoms with van der Waals surface area (Å²) in [6.45, 7) is 13.8. The Morgan fingerprint density at radius 1 is 0.410 bits per heavy atom. The summed E-state index contributed by atoms with van der Waals surface area (Å²) < 4.78 is 2.54. The summed E-state index contributed by atoms with van der Waals surface area (Å²) in [5.74, 6) is 0. The van der Waals surface area contributed by atoms with Gasteiger partial charge in [0.05, 0.1) is 27.8 Å². The van der Waals surface area contributed by atoms with Crippen LogP contribution in [0.5, 0.6) is 0 Å². The summed E-state index contributed by atoms with van der Waals surface area (Å²) in [5.41, 5.74) is 17.3. The summed E-state index contributed by atoms with van der Waals surface area (Å²) >= 11 is 0. The molecule has 1 spiro atoms. The molecule has 2 aliphatic rings. The van der Waals surface area contributed by atoms with Crippen molar-refractivity contribution in [2.45, 2.75) is 57.8 Å². The van der Waals surface area contributed by atoms with Crippen LogP contribution < -0.4 is 4.90 Å². The maximum absolute atomic E-state index is 2.58. The molecule has 12 rings (SSSR count). The largest absolute Gasteiger partial charge is 0.310 e. The highest BCUT2D eigenvalue weighted by Crippen LogP contribution is 2.64. The third kappa shape index (κ3) is 4.91. The van der Waals surface area contributed by atoms with Crippen LogP contribution >= 0.6 is 0 Å². The Bertz CT molecular complexity index is 3370. The normalized spacial score (nSPS) is 15.4. The van der Waals surface area contributed by atoms with Crippen LogP contribution in [-0.4, -0.2) is 4.57 Å². The number of para-hydroxylation sites is 3. The quantitative estimate of drug-likeness (QED) is 0.173. The third-order valence-corrected chi connectivity index (χ3v) is 13.9. The van der Waals surface area contributed by atoms with E-state index >= 15 is 0 Å². The molecule has 1 aliphatic carbocycles. The van der Waals surface area contributed by atoms with E-state index in [9.17, 15) is 0 Å². The highest BCUT2D eigenvalue weighted by atomic mass is 15.1. The van der Waals surface area contributed by atoms with Crippen molar-refractivity contribution in [1.82, 2.24) is 4.57 Å². The molecular formula is C59H48N2. The number of anilines is 3. The summed E-state index contributed by atoms with van der Waals surface area (Å²) in [7, 11) is 0. The Hall–Kier alpha value is -6.90. The molecule has 9 aromatic carbocycles. The van der Waals surface area contributed by atoms with Crippen LogP contribution in [0, 0.1) is 0 Å². The van der Waals surface area contributed by atoms with Crippen LogP contribution in [0.15, 0.2) is 182 Å². The van der Waals surface area contributed by atoms with Gasteiger partial charge >= 0.3 is 0 Å². The van der Waals surface area contributed by atoms with E-state index in [1.54, 1.807) is 0 Å². The molecule has 1 aliphatic heterocycles. The van der Waals surface area contributed by atoms with Gasteiger partial charge in [0.25, 0.3) is 0 Å². The highest BCUT2D eigenvalue weighted by Gasteiger charge is 2.52. The summed E-state index contributed by atoms with van der Waals surface area (Å²) in [6.07, 6.45) is 0. The fraction of sp³-hybridized carbons (Fsp3) is 0.153. The fourth-order valence-corrected chi connectivity index (χ4v) is 11.0. The average molecular weight is 785 g/mol. The van der Waals surface area contributed by atoms with Crippen molar-refractivity contribution in [2.24, 2.45) is 0 Å². The molecule has 0 saturated heterocycles. The van der Waals surface area contributed by atoms with Gasteiger partial charge in [0.15, 0.2) is 0 Å². The molecule has 0 amide bonds. The van der Waals surface area contributed by atoms with E-state index in [2.05, 4.69) is 233 Å². The number of aromatic nitrogens is 1. The van der Waals surface area contributed by atoms with Crippen LogP contribution in [0.3, 0.4) is 0 Å². The van der Waals surface area contributed by atoms with E-state index < -0.39 is 5.41 Å². The van der Waals surface area contributed by atoms with Gasteiger partial charge in [-0.15, -0.1) is 0 Å². The Labute approximate surface area is 358 Å². The zero-order valence-corrected chi connectivity index (χ0v) is 35.7. The first-order valence-electron chi connectivity index (χ1n) is 21.8. The Morgan fingerprint density at radius 2 is 0.951 bits per heavy atom. The van der Waals surface area contributed by atoms with E-state index in [1.165, 1.54) is 99.2 Å². The van der Waals surface area contributed by atoms with Crippen LogP contribution in [0.2, 0.25) is 0 Å². The molecule has 61 heavy (non-hydrogen) atoms. The van der Waals surface area contributed by atoms with Gasteiger partial charge in [-0.05, 0) is 114 Å². The number of fused-ring (bicyclic) bond motifs is 16. The first-order chi connectivity index (χ1) is 29.5. The summed E-state index contributed by atoms with van der Waals surface area (Å²) in [5, 5.41) is 7.62. The van der Waals surface area contributed by atoms with Crippen molar-refractivity contribution in [2.75, 3.05) is 4.90 Å². The smallest absolute Gasteiger partial charge is 0.0755 e. The number of rotatable bonds is 3. The lowest BCUT2D eigenvalue weighted by Gasteiger charge is -2.40. The zero-order valence-electron chi connectivity index (χ0n) is 35.7. The SMILES string of the molecule is CC(C)(C)c1ccc(N(c2ccc(C(C)(C)C)cc2)c2cc3c(c4ccccc24)-c2c(ccc4ccccc24)C32c3ccccc3-n3c4ccccc4c4cccc2c43)cc1. The van der Waals surface area contributed by atoms with Gasteiger partial charge in [0.2, 0.25) is 0 Å². The van der Waals surface area contributed by atoms with E-state index in [0.717, 1.165) is 11.4 Å². The highest BCUT2D eigenvalue weighted by molar-refractivity contribution is 6.18. The molecule has 1 aromatic heterocycles. The van der Waals surface area contributed by atoms with E-state index in [0.29, 0.717) is 0 Å². The average Bonchev–Trinajstić information content (AvgIpc) is 3.77. The Kier molecular flexibility index (Phi) is 7.41. The second kappa shape index (κ2) is 12.6. The molecule has 0 bridgehead atoms. The first kappa shape index (κ1) is 36.0. The molecule has 2 heteroatoms. The minimum absolute atomic E-state index is 0.0385. The second-order valence-electron chi connectivity index (χ2n) is 19.3.